The number of nitrogen functional groups attached to an aromatic ring is 1. The number of halogens is 2. The van der Waals surface area contributed by atoms with Crippen molar-refractivity contribution < 1.29 is 4.39 Å². The molecule has 0 fully saturated rings. The molecule has 0 radical (unpaired) electrons. The molecule has 3 rings (SSSR count). The van der Waals surface area contributed by atoms with Gasteiger partial charge in [0.1, 0.15) is 5.82 Å². The molecular weight excluding hydrogens is 313 g/mol. The Morgan fingerprint density at radius 1 is 1.42 bits per heavy atom. The first-order valence-electron chi connectivity index (χ1n) is 5.64. The minimum Gasteiger partial charge on any atom is -0.369 e. The summed E-state index contributed by atoms with van der Waals surface area (Å²) in [5.74, 6) is 0.0207. The van der Waals surface area contributed by atoms with Gasteiger partial charge in [0.05, 0.1) is 27.7 Å². The molecule has 5 nitrogen and oxygen atoms in total. The second-order valence-electron chi connectivity index (χ2n) is 4.26. The lowest BCUT2D eigenvalue weighted by atomic mass is 10.3. The van der Waals surface area contributed by atoms with Gasteiger partial charge in [-0.05, 0) is 28.1 Å². The van der Waals surface area contributed by atoms with Crippen LogP contribution in [-0.2, 0) is 13.6 Å². The van der Waals surface area contributed by atoms with Crippen molar-refractivity contribution in [1.82, 2.24) is 19.3 Å². The van der Waals surface area contributed by atoms with E-state index in [2.05, 4.69) is 26.0 Å². The van der Waals surface area contributed by atoms with Crippen LogP contribution in [0.1, 0.15) is 5.69 Å². The number of benzene rings is 1. The van der Waals surface area contributed by atoms with E-state index in [1.165, 1.54) is 6.07 Å². The average Bonchev–Trinajstić information content (AvgIpc) is 2.88. The Kier molecular flexibility index (Phi) is 2.78. The third-order valence-corrected chi connectivity index (χ3v) is 3.67. The zero-order chi connectivity index (χ0) is 13.6. The van der Waals surface area contributed by atoms with Crippen LogP contribution < -0.4 is 5.73 Å². The van der Waals surface area contributed by atoms with Gasteiger partial charge >= 0.3 is 0 Å². The topological polar surface area (TPSA) is 61.7 Å². The van der Waals surface area contributed by atoms with E-state index in [0.29, 0.717) is 28.0 Å². The Hall–Kier alpha value is -1.89. The highest BCUT2D eigenvalue weighted by Gasteiger charge is 2.13. The van der Waals surface area contributed by atoms with E-state index in [4.69, 9.17) is 5.73 Å². The summed E-state index contributed by atoms with van der Waals surface area (Å²) in [5, 5.41) is 4.10. The van der Waals surface area contributed by atoms with Gasteiger partial charge < -0.3 is 10.3 Å². The van der Waals surface area contributed by atoms with E-state index in [0.717, 1.165) is 5.69 Å². The number of nitrogens with two attached hydrogens (primary N) is 1. The third-order valence-electron chi connectivity index (χ3n) is 3.06. The molecular formula is C12H11BrFN5. The number of fused-ring (bicyclic) bond motifs is 1. The molecule has 98 valence electrons. The summed E-state index contributed by atoms with van der Waals surface area (Å²) in [6, 6.07) is 4.94. The standard InChI is InChI=1S/C12H11BrFN5/c1-18-7(2-3-16-18)6-19-11-5-9(14)8(13)4-10(11)17-12(19)15/h2-5H,6H2,1H3,(H2,15,17). The Bertz CT molecular complexity index is 761. The van der Waals surface area contributed by atoms with Crippen molar-refractivity contribution >= 4 is 32.9 Å². The molecule has 0 unspecified atom stereocenters. The van der Waals surface area contributed by atoms with E-state index < -0.39 is 0 Å². The third kappa shape index (κ3) is 1.99. The van der Waals surface area contributed by atoms with Gasteiger partial charge in [-0.2, -0.15) is 5.10 Å². The first kappa shape index (κ1) is 12.2. The molecule has 1 aromatic carbocycles. The minimum atomic E-state index is -0.335. The van der Waals surface area contributed by atoms with Gasteiger partial charge in [-0.3, -0.25) is 4.68 Å². The number of hydrogen-bond acceptors (Lipinski definition) is 3. The Balaban J connectivity index is 2.15. The van der Waals surface area contributed by atoms with Crippen LogP contribution in [0.5, 0.6) is 0 Å². The van der Waals surface area contributed by atoms with Crippen LogP contribution in [0.2, 0.25) is 0 Å². The van der Waals surface area contributed by atoms with E-state index in [-0.39, 0.29) is 5.82 Å². The van der Waals surface area contributed by atoms with Gasteiger partial charge in [-0.15, -0.1) is 0 Å². The molecule has 0 saturated carbocycles. The Morgan fingerprint density at radius 2 is 2.21 bits per heavy atom. The zero-order valence-electron chi connectivity index (χ0n) is 10.1. The van der Waals surface area contributed by atoms with E-state index in [9.17, 15) is 4.39 Å². The van der Waals surface area contributed by atoms with Gasteiger partial charge in [-0.1, -0.05) is 0 Å². The van der Waals surface area contributed by atoms with Crippen molar-refractivity contribution in [2.45, 2.75) is 6.54 Å². The molecule has 0 spiro atoms. The molecule has 0 amide bonds. The van der Waals surface area contributed by atoms with Gasteiger partial charge in [0, 0.05) is 19.3 Å². The summed E-state index contributed by atoms with van der Waals surface area (Å²) in [5.41, 5.74) is 8.20. The van der Waals surface area contributed by atoms with Crippen LogP contribution in [0.25, 0.3) is 11.0 Å². The fourth-order valence-corrected chi connectivity index (χ4v) is 2.35. The number of hydrogen-bond donors (Lipinski definition) is 1. The van der Waals surface area contributed by atoms with Gasteiger partial charge in [0.2, 0.25) is 5.95 Å². The summed E-state index contributed by atoms with van der Waals surface area (Å²) in [6.45, 7) is 0.500. The van der Waals surface area contributed by atoms with Crippen LogP contribution in [0.4, 0.5) is 10.3 Å². The molecule has 0 saturated heterocycles. The lowest BCUT2D eigenvalue weighted by Gasteiger charge is -2.07. The van der Waals surface area contributed by atoms with Crippen LogP contribution in [0.15, 0.2) is 28.9 Å². The second-order valence-corrected chi connectivity index (χ2v) is 5.11. The van der Waals surface area contributed by atoms with Crippen molar-refractivity contribution in [3.63, 3.8) is 0 Å². The predicted molar refractivity (Wildman–Crippen MR) is 74.1 cm³/mol. The van der Waals surface area contributed by atoms with Gasteiger partial charge in [0.15, 0.2) is 0 Å². The highest BCUT2D eigenvalue weighted by atomic mass is 79.9. The Labute approximate surface area is 117 Å². The molecule has 2 heterocycles. The molecule has 0 aliphatic carbocycles. The highest BCUT2D eigenvalue weighted by Crippen LogP contribution is 2.25. The maximum atomic E-state index is 13.6. The molecule has 2 N–H and O–H groups in total. The van der Waals surface area contributed by atoms with Gasteiger partial charge in [-0.25, -0.2) is 9.37 Å². The first-order chi connectivity index (χ1) is 9.06. The van der Waals surface area contributed by atoms with E-state index in [1.54, 1.807) is 21.5 Å². The lowest BCUT2D eigenvalue weighted by Crippen LogP contribution is -2.08. The van der Waals surface area contributed by atoms with Crippen molar-refractivity contribution in [3.8, 4) is 0 Å². The molecule has 2 aromatic heterocycles. The van der Waals surface area contributed by atoms with Crippen molar-refractivity contribution in [1.29, 1.82) is 0 Å². The Morgan fingerprint density at radius 3 is 2.89 bits per heavy atom. The fraction of sp³-hybridized carbons (Fsp3) is 0.167. The van der Waals surface area contributed by atoms with Crippen LogP contribution in [0.3, 0.4) is 0 Å². The van der Waals surface area contributed by atoms with Gasteiger partial charge in [0.25, 0.3) is 0 Å². The van der Waals surface area contributed by atoms with Crippen molar-refractivity contribution in [2.24, 2.45) is 7.05 Å². The SMILES string of the molecule is Cn1nccc1Cn1c(N)nc2cc(Br)c(F)cc21. The van der Waals surface area contributed by atoms with Crippen LogP contribution in [0, 0.1) is 5.82 Å². The first-order valence-corrected chi connectivity index (χ1v) is 6.43. The molecule has 0 bridgehead atoms. The normalized spacial score (nSPS) is 11.3. The summed E-state index contributed by atoms with van der Waals surface area (Å²) in [7, 11) is 1.85. The number of aryl methyl sites for hydroxylation is 1. The summed E-state index contributed by atoms with van der Waals surface area (Å²) in [6.07, 6.45) is 1.71. The molecule has 0 atom stereocenters. The van der Waals surface area contributed by atoms with Crippen molar-refractivity contribution in [2.75, 3.05) is 5.73 Å². The highest BCUT2D eigenvalue weighted by molar-refractivity contribution is 9.10. The van der Waals surface area contributed by atoms with Crippen LogP contribution in [-0.4, -0.2) is 19.3 Å². The van der Waals surface area contributed by atoms with Crippen LogP contribution >= 0.6 is 15.9 Å². The largest absolute Gasteiger partial charge is 0.369 e. The number of aromatic nitrogens is 4. The number of imidazole rings is 1. The summed E-state index contributed by atoms with van der Waals surface area (Å²) >= 11 is 3.14. The average molecular weight is 324 g/mol. The van der Waals surface area contributed by atoms with Crippen molar-refractivity contribution in [3.05, 3.63) is 40.4 Å². The number of nitrogens with zero attached hydrogens (tertiary/aromatic N) is 4. The fourth-order valence-electron chi connectivity index (χ4n) is 2.02. The lowest BCUT2D eigenvalue weighted by molar-refractivity contribution is 0.621. The summed E-state index contributed by atoms with van der Waals surface area (Å²) in [4.78, 5) is 4.24. The van der Waals surface area contributed by atoms with E-state index >= 15 is 0 Å². The molecule has 7 heteroatoms. The monoisotopic (exact) mass is 323 g/mol. The number of rotatable bonds is 2. The quantitative estimate of drug-likeness (QED) is 0.787. The number of anilines is 1. The molecule has 0 aliphatic heterocycles. The second kappa shape index (κ2) is 4.34. The molecule has 3 aromatic rings. The predicted octanol–water partition coefficient (Wildman–Crippen LogP) is 2.30. The zero-order valence-corrected chi connectivity index (χ0v) is 11.7. The smallest absolute Gasteiger partial charge is 0.201 e. The molecule has 19 heavy (non-hydrogen) atoms. The minimum absolute atomic E-state index is 0.335. The maximum absolute atomic E-state index is 13.6. The summed E-state index contributed by atoms with van der Waals surface area (Å²) < 4.78 is 17.5. The van der Waals surface area contributed by atoms with E-state index in [1.807, 2.05) is 13.1 Å². The maximum Gasteiger partial charge on any atom is 0.201 e. The molecule has 0 aliphatic rings.